The summed E-state index contributed by atoms with van der Waals surface area (Å²) >= 11 is 0. The molecule has 32 heavy (non-hydrogen) atoms. The topological polar surface area (TPSA) is 75.0 Å². The van der Waals surface area contributed by atoms with Crippen molar-refractivity contribution >= 4 is 5.91 Å². The van der Waals surface area contributed by atoms with E-state index in [-0.39, 0.29) is 18.4 Å². The van der Waals surface area contributed by atoms with Crippen LogP contribution in [-0.2, 0) is 0 Å². The molecule has 2 aliphatic rings. The zero-order chi connectivity index (χ0) is 22.2. The number of rotatable bonds is 1. The predicted octanol–water partition coefficient (Wildman–Crippen LogP) is 2.95. The minimum Gasteiger partial charge on any atom is -0.502 e. The number of hydrogen-bond acceptors (Lipinski definition) is 5. The van der Waals surface area contributed by atoms with Crippen LogP contribution in [0.15, 0.2) is 77.7 Å². The van der Waals surface area contributed by atoms with Crippen LogP contribution in [0.25, 0.3) is 0 Å². The molecule has 3 heterocycles. The molecule has 2 aliphatic heterocycles. The van der Waals surface area contributed by atoms with Gasteiger partial charge in [-0.3, -0.25) is 19.3 Å². The minimum absolute atomic E-state index is 0.0348. The molecule has 1 N–H and O–H groups in total. The van der Waals surface area contributed by atoms with E-state index in [4.69, 9.17) is 4.74 Å². The first-order valence-electron chi connectivity index (χ1n) is 10.5. The number of ether oxygens (including phenoxy) is 1. The van der Waals surface area contributed by atoms with E-state index in [0.717, 1.165) is 22.4 Å². The quantitative estimate of drug-likeness (QED) is 0.602. The molecule has 0 unspecified atom stereocenters. The maximum Gasteiger partial charge on any atom is 0.278 e. The number of hydrogen-bond donors (Lipinski definition) is 1. The number of pyridine rings is 1. The van der Waals surface area contributed by atoms with Gasteiger partial charge >= 0.3 is 0 Å². The van der Waals surface area contributed by atoms with Gasteiger partial charge in [0.25, 0.3) is 5.91 Å². The third-order valence-electron chi connectivity index (χ3n) is 5.90. The van der Waals surface area contributed by atoms with Gasteiger partial charge in [-0.25, -0.2) is 0 Å². The van der Waals surface area contributed by atoms with Crippen LogP contribution >= 0.6 is 0 Å². The summed E-state index contributed by atoms with van der Waals surface area (Å²) in [7, 11) is 0. The summed E-state index contributed by atoms with van der Waals surface area (Å²) in [4.78, 5) is 27.0. The number of amides is 1. The molecule has 1 amide bonds. The van der Waals surface area contributed by atoms with Crippen LogP contribution in [0.3, 0.4) is 0 Å². The van der Waals surface area contributed by atoms with Crippen LogP contribution in [0.4, 0.5) is 0 Å². The van der Waals surface area contributed by atoms with Gasteiger partial charge in [0.1, 0.15) is 25.1 Å². The normalized spacial score (nSPS) is 18.8. The lowest BCUT2D eigenvalue weighted by Gasteiger charge is -2.44. The summed E-state index contributed by atoms with van der Waals surface area (Å²) in [5.74, 6) is -0.153. The Morgan fingerprint density at radius 1 is 1.00 bits per heavy atom. The summed E-state index contributed by atoms with van der Waals surface area (Å²) < 4.78 is 7.78. The number of carbonyl (C=O) groups excluding carboxylic acids is 1. The molecule has 2 aromatic carbocycles. The Labute approximate surface area is 185 Å². The van der Waals surface area contributed by atoms with E-state index in [0.29, 0.717) is 13.2 Å². The fourth-order valence-electron chi connectivity index (χ4n) is 4.37. The van der Waals surface area contributed by atoms with E-state index in [2.05, 4.69) is 0 Å². The highest BCUT2D eigenvalue weighted by Gasteiger charge is 2.37. The van der Waals surface area contributed by atoms with E-state index in [1.165, 1.54) is 6.07 Å². The maximum absolute atomic E-state index is 13.2. The Bertz CT molecular complexity index is 1270. The van der Waals surface area contributed by atoms with Gasteiger partial charge in [0.05, 0.1) is 0 Å². The van der Waals surface area contributed by atoms with Crippen molar-refractivity contribution in [3.8, 4) is 11.5 Å². The first kappa shape index (κ1) is 19.9. The summed E-state index contributed by atoms with van der Waals surface area (Å²) in [5, 5.41) is 12.5. The van der Waals surface area contributed by atoms with Crippen molar-refractivity contribution in [3.05, 3.63) is 106 Å². The van der Waals surface area contributed by atoms with Gasteiger partial charge in [-0.1, -0.05) is 54.6 Å². The summed E-state index contributed by atoms with van der Waals surface area (Å²) in [6, 6.07) is 16.9. The second kappa shape index (κ2) is 7.92. The molecule has 2 bridgehead atoms. The van der Waals surface area contributed by atoms with Gasteiger partial charge in [-0.15, -0.1) is 0 Å². The Balaban J connectivity index is 1.82. The molecule has 1 atom stereocenters. The van der Waals surface area contributed by atoms with Gasteiger partial charge in [0.2, 0.25) is 5.43 Å². The average molecular weight is 429 g/mol. The molecular formula is C25H23N3O4. The third-order valence-corrected chi connectivity index (χ3v) is 5.90. The largest absolute Gasteiger partial charge is 0.502 e. The van der Waals surface area contributed by atoms with Gasteiger partial charge in [0, 0.05) is 24.4 Å². The van der Waals surface area contributed by atoms with E-state index < -0.39 is 17.1 Å². The van der Waals surface area contributed by atoms with Crippen molar-refractivity contribution in [2.75, 3.05) is 24.8 Å². The molecule has 0 radical (unpaired) electrons. The molecule has 7 nitrogen and oxygen atoms in total. The monoisotopic (exact) mass is 429 g/mol. The molecule has 0 saturated carbocycles. The highest BCUT2D eigenvalue weighted by molar-refractivity contribution is 5.96. The molecule has 0 spiro atoms. The number of fused-ring (bicyclic) bond motifs is 5. The fourth-order valence-corrected chi connectivity index (χ4v) is 4.37. The van der Waals surface area contributed by atoms with Gasteiger partial charge in [0.15, 0.2) is 11.4 Å². The number of para-hydroxylation sites is 1. The highest BCUT2D eigenvalue weighted by Crippen LogP contribution is 2.38. The molecule has 7 heteroatoms. The molecule has 5 rings (SSSR count). The van der Waals surface area contributed by atoms with Crippen molar-refractivity contribution in [2.45, 2.75) is 13.0 Å². The number of aromatic hydroxyl groups is 1. The summed E-state index contributed by atoms with van der Waals surface area (Å²) in [5.41, 5.74) is 2.32. The van der Waals surface area contributed by atoms with Crippen LogP contribution in [0.5, 0.6) is 11.5 Å². The van der Waals surface area contributed by atoms with E-state index >= 15 is 0 Å². The number of benzene rings is 2. The van der Waals surface area contributed by atoms with Crippen LogP contribution in [0, 0.1) is 6.92 Å². The van der Waals surface area contributed by atoms with E-state index in [9.17, 15) is 14.7 Å². The fraction of sp³-hybridized carbons (Fsp3) is 0.200. The molecule has 0 saturated heterocycles. The van der Waals surface area contributed by atoms with E-state index in [1.54, 1.807) is 15.8 Å². The van der Waals surface area contributed by atoms with Crippen molar-refractivity contribution in [3.63, 3.8) is 0 Å². The lowest BCUT2D eigenvalue weighted by molar-refractivity contribution is 0.0701. The van der Waals surface area contributed by atoms with Crippen LogP contribution in [0.2, 0.25) is 0 Å². The molecule has 1 aromatic heterocycles. The van der Waals surface area contributed by atoms with Crippen LogP contribution in [0.1, 0.15) is 33.2 Å². The van der Waals surface area contributed by atoms with Crippen LogP contribution < -0.4 is 15.2 Å². The highest BCUT2D eigenvalue weighted by atomic mass is 16.5. The molecule has 0 fully saturated rings. The second-order valence-electron chi connectivity index (χ2n) is 7.92. The Morgan fingerprint density at radius 2 is 1.81 bits per heavy atom. The summed E-state index contributed by atoms with van der Waals surface area (Å²) in [6.45, 7) is 2.98. The van der Waals surface area contributed by atoms with Crippen molar-refractivity contribution in [2.24, 2.45) is 0 Å². The van der Waals surface area contributed by atoms with Crippen molar-refractivity contribution in [1.29, 1.82) is 0 Å². The Kier molecular flexibility index (Phi) is 4.93. The predicted molar refractivity (Wildman–Crippen MR) is 121 cm³/mol. The van der Waals surface area contributed by atoms with E-state index in [1.807, 2.05) is 72.6 Å². The maximum atomic E-state index is 13.2. The number of aryl methyl sites for hydroxylation is 1. The third kappa shape index (κ3) is 3.22. The standard InChI is InChI=1S/C25H23N3O4/c1-17-8-7-11-19-21(18-9-3-2-4-10-18)28-16-26(13-5-6-15-32-24(17)19)25(31)22-23(30)20(29)12-14-27(22)28/h2-12,14,21,30H,13,15-16H2,1H3/b6-5-/t21-/m0/s1. The zero-order valence-electron chi connectivity index (χ0n) is 17.6. The second-order valence-corrected chi connectivity index (χ2v) is 7.92. The SMILES string of the molecule is Cc1cccc2c1OC/C=C\CN1CN([C@H]2c2ccccc2)n2ccc(=O)c(O)c2C1=O. The Hall–Kier alpha value is -4.00. The van der Waals surface area contributed by atoms with Crippen molar-refractivity contribution < 1.29 is 14.6 Å². The van der Waals surface area contributed by atoms with Crippen LogP contribution in [-0.4, -0.2) is 40.4 Å². The lowest BCUT2D eigenvalue weighted by Crippen LogP contribution is -2.55. The molecular weight excluding hydrogens is 406 g/mol. The number of carbonyl (C=O) groups is 1. The molecule has 0 aliphatic carbocycles. The van der Waals surface area contributed by atoms with Crippen molar-refractivity contribution in [1.82, 2.24) is 9.58 Å². The van der Waals surface area contributed by atoms with Gasteiger partial charge in [-0.2, -0.15) is 0 Å². The first-order valence-corrected chi connectivity index (χ1v) is 10.5. The molecule has 162 valence electrons. The minimum atomic E-state index is -0.581. The van der Waals surface area contributed by atoms with Gasteiger partial charge < -0.3 is 14.7 Å². The smallest absolute Gasteiger partial charge is 0.278 e. The summed E-state index contributed by atoms with van der Waals surface area (Å²) in [6.07, 6.45) is 5.29. The molecule has 3 aromatic rings. The lowest BCUT2D eigenvalue weighted by atomic mass is 9.95. The first-order chi connectivity index (χ1) is 15.6. The number of aromatic nitrogens is 1. The number of nitrogens with zero attached hydrogens (tertiary/aromatic N) is 3. The average Bonchev–Trinajstić information content (AvgIpc) is 2.83. The Morgan fingerprint density at radius 3 is 2.62 bits per heavy atom. The van der Waals surface area contributed by atoms with Gasteiger partial charge in [-0.05, 0) is 24.1 Å². The zero-order valence-corrected chi connectivity index (χ0v) is 17.6.